The van der Waals surface area contributed by atoms with Crippen molar-refractivity contribution in [2.24, 2.45) is 0 Å². The predicted molar refractivity (Wildman–Crippen MR) is 88.8 cm³/mol. The Morgan fingerprint density at radius 3 is 2.36 bits per heavy atom. The van der Waals surface area contributed by atoms with Gasteiger partial charge in [-0.05, 0) is 42.7 Å². The van der Waals surface area contributed by atoms with Crippen LogP contribution >= 0.6 is 0 Å². The van der Waals surface area contributed by atoms with Crippen LogP contribution in [0.15, 0.2) is 60.3 Å². The Morgan fingerprint density at radius 2 is 1.68 bits per heavy atom. The van der Waals surface area contributed by atoms with E-state index in [2.05, 4.69) is 5.32 Å². The summed E-state index contributed by atoms with van der Waals surface area (Å²) in [5.41, 5.74) is 3.79. The molecule has 2 aromatic carbocycles. The monoisotopic (exact) mass is 293 g/mol. The van der Waals surface area contributed by atoms with E-state index in [0.717, 1.165) is 41.1 Å². The van der Waals surface area contributed by atoms with Crippen LogP contribution in [0.1, 0.15) is 24.8 Å². The van der Waals surface area contributed by atoms with E-state index >= 15 is 0 Å². The van der Waals surface area contributed by atoms with E-state index < -0.39 is 0 Å². The number of nitrogens with one attached hydrogen (secondary N) is 1. The van der Waals surface area contributed by atoms with Crippen molar-refractivity contribution in [3.8, 4) is 5.75 Å². The zero-order chi connectivity index (χ0) is 15.4. The number of Topliss-reactive ketones (excluding diaryl/α,β-unsaturated/α-hetero) is 1. The third kappa shape index (κ3) is 3.03. The first-order valence-electron chi connectivity index (χ1n) is 7.51. The van der Waals surface area contributed by atoms with Crippen molar-refractivity contribution in [1.82, 2.24) is 0 Å². The highest BCUT2D eigenvalue weighted by atomic mass is 16.5. The van der Waals surface area contributed by atoms with Gasteiger partial charge >= 0.3 is 0 Å². The topological polar surface area (TPSA) is 38.3 Å². The number of hydrogen-bond donors (Lipinski definition) is 1. The van der Waals surface area contributed by atoms with Gasteiger partial charge in [0.25, 0.3) is 0 Å². The van der Waals surface area contributed by atoms with Gasteiger partial charge in [0.05, 0.1) is 7.11 Å². The summed E-state index contributed by atoms with van der Waals surface area (Å²) in [6.07, 6.45) is 2.41. The third-order valence-corrected chi connectivity index (χ3v) is 3.86. The maximum atomic E-state index is 12.4. The minimum atomic E-state index is 0.216. The van der Waals surface area contributed by atoms with E-state index in [0.29, 0.717) is 6.42 Å². The van der Waals surface area contributed by atoms with Gasteiger partial charge in [-0.1, -0.05) is 30.3 Å². The number of allylic oxidation sites excluding steroid dienone is 2. The highest BCUT2D eigenvalue weighted by molar-refractivity contribution is 6.22. The second kappa shape index (κ2) is 6.48. The van der Waals surface area contributed by atoms with Gasteiger partial charge < -0.3 is 10.1 Å². The molecule has 3 nitrogen and oxygen atoms in total. The summed E-state index contributed by atoms with van der Waals surface area (Å²) >= 11 is 0. The van der Waals surface area contributed by atoms with Gasteiger partial charge in [-0.2, -0.15) is 0 Å². The number of benzene rings is 2. The molecule has 1 aliphatic rings. The number of hydrogen-bond acceptors (Lipinski definition) is 3. The molecule has 0 unspecified atom stereocenters. The van der Waals surface area contributed by atoms with Crippen LogP contribution < -0.4 is 10.1 Å². The summed E-state index contributed by atoms with van der Waals surface area (Å²) in [7, 11) is 1.65. The number of rotatable bonds is 4. The molecule has 0 radical (unpaired) electrons. The Bertz CT molecular complexity index is 687. The second-order valence-corrected chi connectivity index (χ2v) is 5.35. The van der Waals surface area contributed by atoms with E-state index in [-0.39, 0.29) is 5.78 Å². The molecule has 0 amide bonds. The normalized spacial score (nSPS) is 14.9. The van der Waals surface area contributed by atoms with E-state index in [1.165, 1.54) is 0 Å². The van der Waals surface area contributed by atoms with Crippen LogP contribution in [-0.4, -0.2) is 12.9 Å². The maximum Gasteiger partial charge on any atom is 0.165 e. The Kier molecular flexibility index (Phi) is 4.24. The number of ketones is 1. The first-order valence-corrected chi connectivity index (χ1v) is 7.51. The molecule has 1 N–H and O–H groups in total. The van der Waals surface area contributed by atoms with Crippen molar-refractivity contribution >= 4 is 17.0 Å². The summed E-state index contributed by atoms with van der Waals surface area (Å²) in [5, 5.41) is 3.41. The highest BCUT2D eigenvalue weighted by Gasteiger charge is 2.21. The van der Waals surface area contributed by atoms with E-state index in [9.17, 15) is 4.79 Å². The summed E-state index contributed by atoms with van der Waals surface area (Å²) < 4.78 is 5.17. The van der Waals surface area contributed by atoms with Crippen LogP contribution in [0.4, 0.5) is 5.69 Å². The molecular formula is C19H19NO2. The summed E-state index contributed by atoms with van der Waals surface area (Å²) in [6, 6.07) is 17.6. The molecule has 0 aliphatic heterocycles. The molecular weight excluding hydrogens is 274 g/mol. The molecule has 22 heavy (non-hydrogen) atoms. The Morgan fingerprint density at radius 1 is 0.955 bits per heavy atom. The second-order valence-electron chi connectivity index (χ2n) is 5.35. The molecule has 3 heteroatoms. The van der Waals surface area contributed by atoms with Crippen molar-refractivity contribution in [1.29, 1.82) is 0 Å². The van der Waals surface area contributed by atoms with Gasteiger partial charge in [0.1, 0.15) is 5.75 Å². The minimum absolute atomic E-state index is 0.216. The lowest BCUT2D eigenvalue weighted by atomic mass is 9.89. The van der Waals surface area contributed by atoms with Gasteiger partial charge in [0.2, 0.25) is 0 Å². The highest BCUT2D eigenvalue weighted by Crippen LogP contribution is 2.31. The fourth-order valence-electron chi connectivity index (χ4n) is 2.76. The average Bonchev–Trinajstić information content (AvgIpc) is 2.56. The first-order chi connectivity index (χ1) is 10.8. The van der Waals surface area contributed by atoms with Crippen molar-refractivity contribution in [2.75, 3.05) is 12.4 Å². The molecule has 0 saturated heterocycles. The lowest BCUT2D eigenvalue weighted by Gasteiger charge is -2.21. The molecule has 112 valence electrons. The number of carbonyl (C=O) groups excluding carboxylic acids is 1. The zero-order valence-corrected chi connectivity index (χ0v) is 12.6. The van der Waals surface area contributed by atoms with E-state index in [1.54, 1.807) is 7.11 Å². The van der Waals surface area contributed by atoms with E-state index in [1.807, 2.05) is 54.6 Å². The van der Waals surface area contributed by atoms with Gasteiger partial charge in [-0.15, -0.1) is 0 Å². The molecule has 0 aromatic heterocycles. The Labute approximate surface area is 130 Å². The van der Waals surface area contributed by atoms with Gasteiger partial charge in [-0.25, -0.2) is 0 Å². The predicted octanol–water partition coefficient (Wildman–Crippen LogP) is 4.27. The van der Waals surface area contributed by atoms with Crippen molar-refractivity contribution < 1.29 is 9.53 Å². The zero-order valence-electron chi connectivity index (χ0n) is 12.6. The summed E-state index contributed by atoms with van der Waals surface area (Å²) in [4.78, 5) is 12.4. The molecule has 0 fully saturated rings. The molecule has 0 saturated carbocycles. The SMILES string of the molecule is COc1ccc(NC2=C(c3ccccc3)C(=O)CCC2)cc1. The minimum Gasteiger partial charge on any atom is -0.497 e. The molecule has 0 atom stereocenters. The van der Waals surface area contributed by atoms with Crippen LogP contribution in [0.2, 0.25) is 0 Å². The van der Waals surface area contributed by atoms with Crippen molar-refractivity contribution in [3.05, 3.63) is 65.9 Å². The lowest BCUT2D eigenvalue weighted by molar-refractivity contribution is -0.114. The number of methoxy groups -OCH3 is 1. The Balaban J connectivity index is 1.94. The van der Waals surface area contributed by atoms with Crippen LogP contribution in [0, 0.1) is 0 Å². The first kappa shape index (κ1) is 14.4. The van der Waals surface area contributed by atoms with Crippen LogP contribution in [0.25, 0.3) is 5.57 Å². The van der Waals surface area contributed by atoms with E-state index in [4.69, 9.17) is 4.74 Å². The standard InChI is InChI=1S/C19H19NO2/c1-22-16-12-10-15(11-13-16)20-17-8-5-9-18(21)19(17)14-6-3-2-4-7-14/h2-4,6-7,10-13,20H,5,8-9H2,1H3. The largest absolute Gasteiger partial charge is 0.497 e. The maximum absolute atomic E-state index is 12.4. The van der Waals surface area contributed by atoms with Gasteiger partial charge in [-0.3, -0.25) is 4.79 Å². The van der Waals surface area contributed by atoms with Gasteiger partial charge in [0.15, 0.2) is 5.78 Å². The number of carbonyl (C=O) groups is 1. The molecule has 0 heterocycles. The molecule has 3 rings (SSSR count). The summed E-state index contributed by atoms with van der Waals surface area (Å²) in [5.74, 6) is 1.04. The van der Waals surface area contributed by atoms with Crippen LogP contribution in [-0.2, 0) is 4.79 Å². The van der Waals surface area contributed by atoms with Crippen molar-refractivity contribution in [2.45, 2.75) is 19.3 Å². The smallest absolute Gasteiger partial charge is 0.165 e. The third-order valence-electron chi connectivity index (χ3n) is 3.86. The van der Waals surface area contributed by atoms with Crippen molar-refractivity contribution in [3.63, 3.8) is 0 Å². The Hall–Kier alpha value is -2.55. The summed E-state index contributed by atoms with van der Waals surface area (Å²) in [6.45, 7) is 0. The van der Waals surface area contributed by atoms with Gasteiger partial charge in [0, 0.05) is 23.4 Å². The molecule has 1 aliphatic carbocycles. The van der Waals surface area contributed by atoms with Crippen LogP contribution in [0.3, 0.4) is 0 Å². The molecule has 2 aromatic rings. The fourth-order valence-corrected chi connectivity index (χ4v) is 2.76. The average molecular weight is 293 g/mol. The molecule has 0 bridgehead atoms. The quantitative estimate of drug-likeness (QED) is 0.914. The lowest BCUT2D eigenvalue weighted by Crippen LogP contribution is -2.15. The fraction of sp³-hybridized carbons (Fsp3) is 0.211. The number of anilines is 1. The molecule has 0 spiro atoms. The van der Waals surface area contributed by atoms with Crippen LogP contribution in [0.5, 0.6) is 5.75 Å². The number of ether oxygens (including phenoxy) is 1.